The van der Waals surface area contributed by atoms with Gasteiger partial charge in [-0.3, -0.25) is 9.89 Å². The fourth-order valence-electron chi connectivity index (χ4n) is 3.91. The number of hydrogen-bond donors (Lipinski definition) is 1. The fraction of sp³-hybridized carbons (Fsp3) is 0.273. The lowest BCUT2D eigenvalue weighted by Crippen LogP contribution is -2.07. The quantitative estimate of drug-likeness (QED) is 0.482. The van der Waals surface area contributed by atoms with E-state index in [1.54, 1.807) is 12.3 Å². The zero-order chi connectivity index (χ0) is 20.7. The van der Waals surface area contributed by atoms with Crippen molar-refractivity contribution in [2.24, 2.45) is 0 Å². The Morgan fingerprint density at radius 1 is 1.21 bits per heavy atom. The third kappa shape index (κ3) is 3.26. The largest absolute Gasteiger partial charge is 0.469 e. The number of nitrogens with one attached hydrogen (secondary N) is 1. The molecule has 0 radical (unpaired) electrons. The first kappa shape index (κ1) is 19.1. The molecule has 0 fully saturated rings. The fourth-order valence-corrected chi connectivity index (χ4v) is 3.91. The summed E-state index contributed by atoms with van der Waals surface area (Å²) in [6.07, 6.45) is 2.43. The van der Waals surface area contributed by atoms with Crippen LogP contribution < -0.4 is 0 Å². The summed E-state index contributed by atoms with van der Waals surface area (Å²) in [5, 5.41) is 8.91. The number of rotatable bonds is 5. The summed E-state index contributed by atoms with van der Waals surface area (Å²) in [5.74, 6) is -2.00. The van der Waals surface area contributed by atoms with Gasteiger partial charge in [-0.2, -0.15) is 5.10 Å². The Hall–Kier alpha value is -3.22. The number of benzene rings is 2. The molecule has 2 aromatic heterocycles. The number of aryl methyl sites for hydroxylation is 1. The zero-order valence-electron chi connectivity index (χ0n) is 16.4. The molecule has 2 aromatic carbocycles. The van der Waals surface area contributed by atoms with Gasteiger partial charge >= 0.3 is 5.97 Å². The Morgan fingerprint density at radius 2 is 2.00 bits per heavy atom. The van der Waals surface area contributed by atoms with Crippen molar-refractivity contribution in [2.45, 2.75) is 32.6 Å². The van der Waals surface area contributed by atoms with Gasteiger partial charge in [-0.05, 0) is 42.2 Å². The van der Waals surface area contributed by atoms with E-state index in [9.17, 15) is 13.6 Å². The minimum Gasteiger partial charge on any atom is -0.469 e. The summed E-state index contributed by atoms with van der Waals surface area (Å²) in [6.45, 7) is 4.08. The van der Waals surface area contributed by atoms with Crippen LogP contribution in [0.15, 0.2) is 36.5 Å². The lowest BCUT2D eigenvalue weighted by molar-refractivity contribution is -0.140. The molecule has 0 aliphatic heterocycles. The Morgan fingerprint density at radius 3 is 2.69 bits per heavy atom. The molecular formula is C22H21F2N3O2. The van der Waals surface area contributed by atoms with Gasteiger partial charge in [-0.25, -0.2) is 8.78 Å². The summed E-state index contributed by atoms with van der Waals surface area (Å²) in [4.78, 5) is 11.8. The summed E-state index contributed by atoms with van der Waals surface area (Å²) >= 11 is 0. The van der Waals surface area contributed by atoms with Crippen LogP contribution in [0.5, 0.6) is 0 Å². The highest BCUT2D eigenvalue weighted by Gasteiger charge is 2.22. The molecule has 0 aliphatic carbocycles. The van der Waals surface area contributed by atoms with Crippen molar-refractivity contribution in [1.29, 1.82) is 0 Å². The average Bonchev–Trinajstić information content (AvgIpc) is 3.28. The van der Waals surface area contributed by atoms with Gasteiger partial charge in [0.2, 0.25) is 0 Å². The highest BCUT2D eigenvalue weighted by molar-refractivity contribution is 5.98. The molecule has 0 saturated carbocycles. The normalized spacial score (nSPS) is 11.7. The lowest BCUT2D eigenvalue weighted by Gasteiger charge is -2.16. The summed E-state index contributed by atoms with van der Waals surface area (Å²) in [7, 11) is 1.37. The van der Waals surface area contributed by atoms with Gasteiger partial charge in [0.15, 0.2) is 11.6 Å². The van der Waals surface area contributed by atoms with Crippen LogP contribution in [-0.2, 0) is 16.0 Å². The number of H-pyrrole nitrogens is 1. The zero-order valence-corrected chi connectivity index (χ0v) is 16.4. The van der Waals surface area contributed by atoms with Gasteiger partial charge in [0.05, 0.1) is 24.3 Å². The SMILES string of the molecule is COC(=O)CCc1c(C(C)C)n(-c2ccc(F)c(F)c2)c2cc3cn[nH]c3cc12. The van der Waals surface area contributed by atoms with Crippen molar-refractivity contribution >= 4 is 27.8 Å². The summed E-state index contributed by atoms with van der Waals surface area (Å²) < 4.78 is 34.4. The van der Waals surface area contributed by atoms with Gasteiger partial charge < -0.3 is 9.30 Å². The molecular weight excluding hydrogens is 376 g/mol. The smallest absolute Gasteiger partial charge is 0.305 e. The van der Waals surface area contributed by atoms with Gasteiger partial charge in [0.25, 0.3) is 0 Å². The predicted molar refractivity (Wildman–Crippen MR) is 107 cm³/mol. The molecule has 0 unspecified atom stereocenters. The highest BCUT2D eigenvalue weighted by atomic mass is 19.2. The second kappa shape index (κ2) is 7.31. The molecule has 5 nitrogen and oxygen atoms in total. The number of nitrogens with zero attached hydrogens (tertiary/aromatic N) is 2. The van der Waals surface area contributed by atoms with E-state index in [1.807, 2.05) is 30.5 Å². The Bertz CT molecular complexity index is 1220. The van der Waals surface area contributed by atoms with Crippen LogP contribution in [0.2, 0.25) is 0 Å². The average molecular weight is 397 g/mol. The van der Waals surface area contributed by atoms with Crippen LogP contribution in [0.4, 0.5) is 8.78 Å². The number of aromatic amines is 1. The number of methoxy groups -OCH3 is 1. The molecule has 0 bridgehead atoms. The van der Waals surface area contributed by atoms with Crippen molar-refractivity contribution in [3.8, 4) is 5.69 Å². The number of halogens is 2. The van der Waals surface area contributed by atoms with E-state index in [4.69, 9.17) is 4.74 Å². The Labute approximate surface area is 166 Å². The standard InChI is InChI=1S/C22H21F2N3O2/c1-12(2)22-15(5-7-21(28)29-3)16-10-19-13(11-25-26-19)8-20(16)27(22)14-4-6-17(23)18(24)9-14/h4,6,8-12H,5,7H2,1-3H3,(H,25,26). The number of hydrogen-bond acceptors (Lipinski definition) is 3. The predicted octanol–water partition coefficient (Wildman–Crippen LogP) is 5.01. The molecule has 0 aliphatic rings. The number of fused-ring (bicyclic) bond motifs is 2. The minimum absolute atomic E-state index is 0.0830. The summed E-state index contributed by atoms with van der Waals surface area (Å²) in [6, 6.07) is 7.86. The van der Waals surface area contributed by atoms with E-state index < -0.39 is 11.6 Å². The maximum absolute atomic E-state index is 14.0. The van der Waals surface area contributed by atoms with Crippen molar-refractivity contribution < 1.29 is 18.3 Å². The van der Waals surface area contributed by atoms with E-state index in [-0.39, 0.29) is 18.3 Å². The van der Waals surface area contributed by atoms with Crippen LogP contribution in [0.3, 0.4) is 0 Å². The first-order valence-corrected chi connectivity index (χ1v) is 9.43. The van der Waals surface area contributed by atoms with Gasteiger partial charge in [-0.15, -0.1) is 0 Å². The maximum atomic E-state index is 14.0. The molecule has 0 spiro atoms. The molecule has 0 amide bonds. The van der Waals surface area contributed by atoms with Crippen LogP contribution in [0.25, 0.3) is 27.5 Å². The number of carbonyl (C=O) groups is 1. The van der Waals surface area contributed by atoms with Gasteiger partial charge in [0, 0.05) is 34.6 Å². The van der Waals surface area contributed by atoms with E-state index in [1.165, 1.54) is 13.2 Å². The lowest BCUT2D eigenvalue weighted by atomic mass is 9.99. The first-order chi connectivity index (χ1) is 13.9. The van der Waals surface area contributed by atoms with Crippen LogP contribution in [0, 0.1) is 11.6 Å². The molecule has 150 valence electrons. The van der Waals surface area contributed by atoms with Crippen molar-refractivity contribution in [2.75, 3.05) is 7.11 Å². The van der Waals surface area contributed by atoms with Crippen molar-refractivity contribution in [1.82, 2.24) is 14.8 Å². The number of esters is 1. The number of ether oxygens (including phenoxy) is 1. The minimum atomic E-state index is -0.903. The monoisotopic (exact) mass is 397 g/mol. The molecule has 4 rings (SSSR count). The second-order valence-electron chi connectivity index (χ2n) is 7.36. The molecule has 1 N–H and O–H groups in total. The third-order valence-corrected chi connectivity index (χ3v) is 5.19. The molecule has 0 saturated heterocycles. The maximum Gasteiger partial charge on any atom is 0.305 e. The molecule has 4 aromatic rings. The third-order valence-electron chi connectivity index (χ3n) is 5.19. The molecule has 2 heterocycles. The van der Waals surface area contributed by atoms with E-state index in [2.05, 4.69) is 10.2 Å². The first-order valence-electron chi connectivity index (χ1n) is 9.43. The highest BCUT2D eigenvalue weighted by Crippen LogP contribution is 2.37. The van der Waals surface area contributed by atoms with Crippen molar-refractivity contribution in [3.63, 3.8) is 0 Å². The molecule has 7 heteroatoms. The van der Waals surface area contributed by atoms with Gasteiger partial charge in [0.1, 0.15) is 0 Å². The number of aromatic nitrogens is 3. The van der Waals surface area contributed by atoms with Crippen LogP contribution in [0.1, 0.15) is 37.4 Å². The molecule has 29 heavy (non-hydrogen) atoms. The van der Waals surface area contributed by atoms with E-state index >= 15 is 0 Å². The summed E-state index contributed by atoms with van der Waals surface area (Å²) in [5.41, 5.74) is 4.20. The van der Waals surface area contributed by atoms with Crippen molar-refractivity contribution in [3.05, 3.63) is 59.4 Å². The second-order valence-corrected chi connectivity index (χ2v) is 7.36. The topological polar surface area (TPSA) is 59.9 Å². The van der Waals surface area contributed by atoms with Crippen LogP contribution in [-0.4, -0.2) is 27.8 Å². The Balaban J connectivity index is 2.04. The van der Waals surface area contributed by atoms with Crippen LogP contribution >= 0.6 is 0 Å². The number of carbonyl (C=O) groups excluding carboxylic acids is 1. The van der Waals surface area contributed by atoms with E-state index in [0.29, 0.717) is 12.1 Å². The Kier molecular flexibility index (Phi) is 4.82. The van der Waals surface area contributed by atoms with Gasteiger partial charge in [-0.1, -0.05) is 13.8 Å². The van der Waals surface area contributed by atoms with E-state index in [0.717, 1.165) is 39.1 Å². The molecule has 0 atom stereocenters.